The maximum absolute atomic E-state index is 14.1. The molecular formula is C22H12F9NO6S2. The molecule has 0 bridgehead atoms. The molecule has 216 valence electrons. The number of pyridine rings is 1. The zero-order valence-corrected chi connectivity index (χ0v) is 21.2. The van der Waals surface area contributed by atoms with Crippen LogP contribution in [0.15, 0.2) is 29.2 Å². The van der Waals surface area contributed by atoms with Gasteiger partial charge in [0, 0.05) is 16.3 Å². The van der Waals surface area contributed by atoms with Gasteiger partial charge in [0.25, 0.3) is 0 Å². The van der Waals surface area contributed by atoms with Gasteiger partial charge in [-0.3, -0.25) is 19.4 Å². The molecule has 0 N–H and O–H groups in total. The molecule has 2 aromatic heterocycles. The van der Waals surface area contributed by atoms with E-state index in [1.165, 1.54) is 6.07 Å². The molecule has 0 amide bonds. The first kappa shape index (κ1) is 29.9. The Morgan fingerprint density at radius 3 is 2.05 bits per heavy atom. The van der Waals surface area contributed by atoms with Crippen LogP contribution in [0, 0.1) is 0 Å². The van der Waals surface area contributed by atoms with E-state index in [0.717, 1.165) is 23.1 Å². The summed E-state index contributed by atoms with van der Waals surface area (Å²) in [5.41, 5.74) is -1.68. The summed E-state index contributed by atoms with van der Waals surface area (Å²) in [6, 6.07) is 4.68. The molecule has 7 nitrogen and oxygen atoms in total. The molecule has 2 heterocycles. The molecule has 0 saturated carbocycles. The van der Waals surface area contributed by atoms with Crippen molar-refractivity contribution >= 4 is 53.2 Å². The minimum absolute atomic E-state index is 0.00304. The molecule has 40 heavy (non-hydrogen) atoms. The molecule has 1 unspecified atom stereocenters. The number of hydrogen-bond donors (Lipinski definition) is 0. The summed E-state index contributed by atoms with van der Waals surface area (Å²) in [7, 11) is -7.53. The second kappa shape index (κ2) is 8.94. The zero-order valence-electron chi connectivity index (χ0n) is 19.6. The van der Waals surface area contributed by atoms with Gasteiger partial charge in [-0.15, -0.1) is 11.3 Å². The van der Waals surface area contributed by atoms with E-state index >= 15 is 0 Å². The highest BCUT2D eigenvalue weighted by Crippen LogP contribution is 2.55. The van der Waals surface area contributed by atoms with E-state index in [-0.39, 0.29) is 26.1 Å². The van der Waals surface area contributed by atoms with Gasteiger partial charge < -0.3 is 0 Å². The molecule has 1 atom stereocenters. The number of alkyl halides is 9. The van der Waals surface area contributed by atoms with Gasteiger partial charge in [0.2, 0.25) is 17.7 Å². The number of carbonyl (C=O) groups excluding carboxylic acids is 2. The average Bonchev–Trinajstić information content (AvgIpc) is 3.07. The van der Waals surface area contributed by atoms with Crippen molar-refractivity contribution in [2.75, 3.05) is 0 Å². The Labute approximate surface area is 220 Å². The number of aromatic nitrogens is 1. The third-order valence-corrected chi connectivity index (χ3v) is 8.55. The first-order valence-electron chi connectivity index (χ1n) is 10.7. The van der Waals surface area contributed by atoms with E-state index in [2.05, 4.69) is 9.17 Å². The molecule has 0 saturated heterocycles. The third-order valence-electron chi connectivity index (χ3n) is 6.01. The Hall–Kier alpha value is -3.12. The molecule has 0 radical (unpaired) electrons. The Morgan fingerprint density at radius 1 is 0.900 bits per heavy atom. The van der Waals surface area contributed by atoms with Crippen LogP contribution in [-0.2, 0) is 14.3 Å². The van der Waals surface area contributed by atoms with Crippen LogP contribution in [0.1, 0.15) is 46.2 Å². The lowest BCUT2D eigenvalue weighted by Crippen LogP contribution is -2.63. The van der Waals surface area contributed by atoms with Crippen molar-refractivity contribution in [2.24, 2.45) is 0 Å². The van der Waals surface area contributed by atoms with Crippen molar-refractivity contribution in [3.63, 3.8) is 0 Å². The minimum atomic E-state index is -7.63. The maximum atomic E-state index is 14.1. The highest BCUT2D eigenvalue weighted by Gasteiger charge is 2.86. The predicted molar refractivity (Wildman–Crippen MR) is 121 cm³/mol. The summed E-state index contributed by atoms with van der Waals surface area (Å²) >= 11 is 0.723. The number of rotatable bonds is 6. The highest BCUT2D eigenvalue weighted by atomic mass is 32.2. The van der Waals surface area contributed by atoms with Crippen LogP contribution in [-0.4, -0.2) is 54.3 Å². The number of nitrogens with zero attached hydrogens (tertiary/aromatic N) is 1. The first-order valence-corrected chi connectivity index (χ1v) is 12.9. The summed E-state index contributed by atoms with van der Waals surface area (Å²) in [5, 5.41) is -7.38. The number of fused-ring (bicyclic) bond motifs is 4. The van der Waals surface area contributed by atoms with E-state index in [9.17, 15) is 62.3 Å². The fourth-order valence-electron chi connectivity index (χ4n) is 3.77. The van der Waals surface area contributed by atoms with Crippen molar-refractivity contribution in [3.05, 3.63) is 51.4 Å². The zero-order chi connectivity index (χ0) is 30.4. The predicted octanol–water partition coefficient (Wildman–Crippen LogP) is 5.45. The molecule has 4 rings (SSSR count). The number of Topliss-reactive ketones (excluding diaryl/α,β-unsaturated/α-hetero) is 2. The number of benzene rings is 1. The minimum Gasteiger partial charge on any atom is -0.290 e. The second-order valence-electron chi connectivity index (χ2n) is 8.89. The highest BCUT2D eigenvalue weighted by molar-refractivity contribution is 7.88. The molecule has 0 fully saturated rings. The third kappa shape index (κ3) is 4.01. The van der Waals surface area contributed by atoms with Crippen LogP contribution in [0.4, 0.5) is 39.5 Å². The van der Waals surface area contributed by atoms with Gasteiger partial charge >= 0.3 is 33.4 Å². The van der Waals surface area contributed by atoms with Gasteiger partial charge in [-0.2, -0.15) is 47.9 Å². The van der Waals surface area contributed by atoms with Gasteiger partial charge in [0.05, 0.1) is 15.6 Å². The standard InChI is InChI=1S/C22H12F9NO6S2/c1-7(2)8-3-4-11-9(5-8)14(33)10-6-32-13-12(18(10)39-11)15(34)17(16(13)35)38-40(36,37)22(30,31)20(25,26)19(23,24)21(27,28)29/h3-7,17H,1-2H3. The lowest BCUT2D eigenvalue weighted by atomic mass is 10.0. The molecule has 3 aromatic rings. The number of carbonyl (C=O) groups is 2. The van der Waals surface area contributed by atoms with Crippen LogP contribution in [0.3, 0.4) is 0 Å². The molecule has 0 aliphatic heterocycles. The summed E-state index contributed by atoms with van der Waals surface area (Å²) in [5.74, 6) is -18.8. The molecule has 1 aliphatic carbocycles. The average molecular weight is 621 g/mol. The second-order valence-corrected chi connectivity index (χ2v) is 11.6. The fourth-order valence-corrected chi connectivity index (χ4v) is 5.94. The summed E-state index contributed by atoms with van der Waals surface area (Å²) < 4.78 is 146. The molecule has 18 heteroatoms. The summed E-state index contributed by atoms with van der Waals surface area (Å²) in [6.07, 6.45) is -9.74. The van der Waals surface area contributed by atoms with E-state index in [0.29, 0.717) is 0 Å². The van der Waals surface area contributed by atoms with Crippen molar-refractivity contribution < 1.29 is 61.7 Å². The van der Waals surface area contributed by atoms with Crippen LogP contribution in [0.2, 0.25) is 0 Å². The van der Waals surface area contributed by atoms with Gasteiger partial charge in [-0.25, -0.2) is 4.18 Å². The Kier molecular flexibility index (Phi) is 6.67. The Balaban J connectivity index is 1.81. The van der Waals surface area contributed by atoms with Crippen LogP contribution < -0.4 is 5.43 Å². The van der Waals surface area contributed by atoms with Crippen LogP contribution in [0.5, 0.6) is 0 Å². The van der Waals surface area contributed by atoms with Gasteiger partial charge in [-0.1, -0.05) is 19.9 Å². The smallest absolute Gasteiger partial charge is 0.290 e. The lowest BCUT2D eigenvalue weighted by Gasteiger charge is -2.32. The SMILES string of the molecule is CC(C)c1ccc2sc3c4c(ncc3c(=O)c2c1)C(=O)C(OS(=O)(=O)C(F)(F)C(F)(F)C(F)(F)C(F)(F)F)C4=O. The molecule has 0 spiro atoms. The normalized spacial score (nSPS) is 17.4. The molecular weight excluding hydrogens is 609 g/mol. The number of ketones is 2. The van der Waals surface area contributed by atoms with E-state index in [1.807, 2.05) is 13.8 Å². The van der Waals surface area contributed by atoms with Crippen molar-refractivity contribution in [2.45, 2.75) is 49.1 Å². The maximum Gasteiger partial charge on any atom is 0.460 e. The number of hydrogen-bond acceptors (Lipinski definition) is 8. The summed E-state index contributed by atoms with van der Waals surface area (Å²) in [4.78, 5) is 42.2. The van der Waals surface area contributed by atoms with Gasteiger partial charge in [-0.05, 0) is 23.6 Å². The van der Waals surface area contributed by atoms with Crippen LogP contribution in [0.25, 0.3) is 20.2 Å². The monoisotopic (exact) mass is 621 g/mol. The van der Waals surface area contributed by atoms with Crippen molar-refractivity contribution in [1.29, 1.82) is 0 Å². The molecule has 1 aliphatic rings. The van der Waals surface area contributed by atoms with Crippen molar-refractivity contribution in [3.8, 4) is 0 Å². The quantitative estimate of drug-likeness (QED) is 0.156. The summed E-state index contributed by atoms with van der Waals surface area (Å²) in [6.45, 7) is 3.68. The fraction of sp³-hybridized carbons (Fsp3) is 0.364. The lowest BCUT2D eigenvalue weighted by molar-refractivity contribution is -0.382. The van der Waals surface area contributed by atoms with E-state index < -0.39 is 67.8 Å². The topological polar surface area (TPSA) is 107 Å². The van der Waals surface area contributed by atoms with E-state index in [1.54, 1.807) is 12.1 Å². The van der Waals surface area contributed by atoms with E-state index in [4.69, 9.17) is 0 Å². The van der Waals surface area contributed by atoms with Crippen LogP contribution >= 0.6 is 11.3 Å². The number of halogens is 9. The van der Waals surface area contributed by atoms with Gasteiger partial charge in [0.1, 0.15) is 5.69 Å². The first-order chi connectivity index (χ1) is 18.1. The van der Waals surface area contributed by atoms with Crippen molar-refractivity contribution in [1.82, 2.24) is 4.98 Å². The molecule has 1 aromatic carbocycles. The Bertz CT molecular complexity index is 1760. The Morgan fingerprint density at radius 2 is 1.50 bits per heavy atom. The van der Waals surface area contributed by atoms with Gasteiger partial charge in [0.15, 0.2) is 5.43 Å². The largest absolute Gasteiger partial charge is 0.460 e.